The summed E-state index contributed by atoms with van der Waals surface area (Å²) in [6, 6.07) is 6.29. The molecule has 0 saturated heterocycles. The van der Waals surface area contributed by atoms with E-state index in [-0.39, 0.29) is 11.5 Å². The van der Waals surface area contributed by atoms with Gasteiger partial charge in [-0.15, -0.1) is 0 Å². The first-order valence-electron chi connectivity index (χ1n) is 5.50. The number of aliphatic carboxylic acids is 1. The molecule has 1 aromatic heterocycles. The fourth-order valence-electron chi connectivity index (χ4n) is 1.53. The van der Waals surface area contributed by atoms with Crippen molar-refractivity contribution in [2.45, 2.75) is 11.8 Å². The van der Waals surface area contributed by atoms with E-state index >= 15 is 0 Å². The fourth-order valence-corrected chi connectivity index (χ4v) is 2.10. The van der Waals surface area contributed by atoms with Gasteiger partial charge in [-0.2, -0.15) is 8.78 Å². The number of hydrogen-bond donors (Lipinski definition) is 2. The number of para-hydroxylation sites is 1. The quantitative estimate of drug-likeness (QED) is 0.802. The molecule has 0 spiro atoms. The first kappa shape index (κ1) is 14.3. The largest absolute Gasteiger partial charge is 0.481 e. The molecule has 0 aliphatic heterocycles. The van der Waals surface area contributed by atoms with E-state index in [1.807, 2.05) is 0 Å². The van der Waals surface area contributed by atoms with Crippen molar-refractivity contribution >= 4 is 17.7 Å². The molecule has 0 aliphatic carbocycles. The molecule has 2 N–H and O–H groups in total. The van der Waals surface area contributed by atoms with Crippen LogP contribution < -0.4 is 4.74 Å². The lowest BCUT2D eigenvalue weighted by Gasteiger charge is -2.08. The third-order valence-electron chi connectivity index (χ3n) is 2.28. The van der Waals surface area contributed by atoms with E-state index in [1.54, 1.807) is 18.2 Å². The molecule has 0 saturated carbocycles. The normalized spacial score (nSPS) is 10.8. The van der Waals surface area contributed by atoms with E-state index in [1.165, 1.54) is 12.3 Å². The number of benzene rings is 1. The standard InChI is InChI=1S/C12H10F2N2O3S/c13-11(14)19-9-4-2-1-3-7(9)8-5-15-12(16-8)20-6-10(17)18/h1-5,11H,6H2,(H,15,16)(H,17,18). The van der Waals surface area contributed by atoms with Crippen LogP contribution in [0.3, 0.4) is 0 Å². The summed E-state index contributed by atoms with van der Waals surface area (Å²) in [6.07, 6.45) is 1.44. The average Bonchev–Trinajstić information content (AvgIpc) is 2.85. The molecule has 5 nitrogen and oxygen atoms in total. The number of alkyl halides is 2. The Bertz CT molecular complexity index is 604. The maximum atomic E-state index is 12.3. The first-order chi connectivity index (χ1) is 9.56. The summed E-state index contributed by atoms with van der Waals surface area (Å²) in [5, 5.41) is 8.97. The molecule has 0 aliphatic rings. The van der Waals surface area contributed by atoms with Gasteiger partial charge >= 0.3 is 12.6 Å². The molecule has 0 radical (unpaired) electrons. The van der Waals surface area contributed by atoms with Crippen LogP contribution in [0.2, 0.25) is 0 Å². The highest BCUT2D eigenvalue weighted by Crippen LogP contribution is 2.30. The average molecular weight is 300 g/mol. The number of hydrogen-bond acceptors (Lipinski definition) is 4. The Kier molecular flexibility index (Phi) is 4.57. The van der Waals surface area contributed by atoms with E-state index < -0.39 is 12.6 Å². The van der Waals surface area contributed by atoms with E-state index in [0.29, 0.717) is 16.4 Å². The number of rotatable bonds is 6. The second-order valence-electron chi connectivity index (χ2n) is 3.66. The summed E-state index contributed by atoms with van der Waals surface area (Å²) in [5.41, 5.74) is 0.914. The van der Waals surface area contributed by atoms with Gasteiger partial charge in [-0.1, -0.05) is 23.9 Å². The molecule has 106 valence electrons. The highest BCUT2D eigenvalue weighted by molar-refractivity contribution is 7.99. The Balaban J connectivity index is 2.21. The van der Waals surface area contributed by atoms with Crippen LogP contribution in [-0.4, -0.2) is 33.4 Å². The topological polar surface area (TPSA) is 75.2 Å². The molecule has 20 heavy (non-hydrogen) atoms. The number of aromatic nitrogens is 2. The number of carbonyl (C=O) groups is 1. The van der Waals surface area contributed by atoms with Crippen LogP contribution in [0, 0.1) is 0 Å². The predicted octanol–water partition coefficient (Wildman–Crippen LogP) is 2.85. The number of aromatic amines is 1. The monoisotopic (exact) mass is 300 g/mol. The second kappa shape index (κ2) is 6.38. The zero-order chi connectivity index (χ0) is 14.5. The van der Waals surface area contributed by atoms with Gasteiger partial charge in [-0.05, 0) is 12.1 Å². The Morgan fingerprint density at radius 3 is 2.90 bits per heavy atom. The van der Waals surface area contributed by atoms with Crippen molar-refractivity contribution in [3.8, 4) is 17.0 Å². The number of halogens is 2. The van der Waals surface area contributed by atoms with Crippen molar-refractivity contribution in [2.24, 2.45) is 0 Å². The van der Waals surface area contributed by atoms with Crippen molar-refractivity contribution < 1.29 is 23.4 Å². The second-order valence-corrected chi connectivity index (χ2v) is 4.62. The molecular formula is C12H10F2N2O3S. The van der Waals surface area contributed by atoms with Crippen LogP contribution >= 0.6 is 11.8 Å². The van der Waals surface area contributed by atoms with Gasteiger partial charge in [0.25, 0.3) is 0 Å². The zero-order valence-electron chi connectivity index (χ0n) is 10.0. The minimum atomic E-state index is -2.92. The van der Waals surface area contributed by atoms with Crippen LogP contribution in [0.25, 0.3) is 11.3 Å². The minimum absolute atomic E-state index is 0.0286. The van der Waals surface area contributed by atoms with Crippen LogP contribution in [0.15, 0.2) is 35.6 Å². The molecule has 8 heteroatoms. The lowest BCUT2D eigenvalue weighted by Crippen LogP contribution is -2.03. The Labute approximate surface area is 117 Å². The number of thioether (sulfide) groups is 1. The summed E-state index contributed by atoms with van der Waals surface area (Å²) in [5.74, 6) is -1.07. The van der Waals surface area contributed by atoms with Gasteiger partial charge in [0, 0.05) is 5.56 Å². The molecular weight excluding hydrogens is 290 g/mol. The summed E-state index contributed by atoms with van der Waals surface area (Å²) >= 11 is 1.01. The Morgan fingerprint density at radius 1 is 1.45 bits per heavy atom. The van der Waals surface area contributed by atoms with Crippen molar-refractivity contribution in [1.82, 2.24) is 9.97 Å². The van der Waals surface area contributed by atoms with Gasteiger partial charge in [0.15, 0.2) is 5.16 Å². The van der Waals surface area contributed by atoms with Gasteiger partial charge < -0.3 is 14.8 Å². The van der Waals surface area contributed by atoms with E-state index in [2.05, 4.69) is 14.7 Å². The van der Waals surface area contributed by atoms with E-state index in [0.717, 1.165) is 11.8 Å². The predicted molar refractivity (Wildman–Crippen MR) is 69.0 cm³/mol. The number of ether oxygens (including phenoxy) is 1. The minimum Gasteiger partial charge on any atom is -0.481 e. The van der Waals surface area contributed by atoms with Crippen molar-refractivity contribution in [3.05, 3.63) is 30.5 Å². The van der Waals surface area contributed by atoms with Crippen LogP contribution in [-0.2, 0) is 4.79 Å². The lowest BCUT2D eigenvalue weighted by molar-refractivity contribution is -0.133. The van der Waals surface area contributed by atoms with Crippen LogP contribution in [0.4, 0.5) is 8.78 Å². The highest BCUT2D eigenvalue weighted by Gasteiger charge is 2.13. The van der Waals surface area contributed by atoms with E-state index in [9.17, 15) is 13.6 Å². The zero-order valence-corrected chi connectivity index (χ0v) is 10.9. The molecule has 1 aromatic carbocycles. The van der Waals surface area contributed by atoms with Gasteiger partial charge in [-0.3, -0.25) is 4.79 Å². The molecule has 0 amide bonds. The molecule has 0 unspecified atom stereocenters. The van der Waals surface area contributed by atoms with Crippen molar-refractivity contribution in [2.75, 3.05) is 5.75 Å². The van der Waals surface area contributed by atoms with Gasteiger partial charge in [0.2, 0.25) is 0 Å². The van der Waals surface area contributed by atoms with Crippen molar-refractivity contribution in [3.63, 3.8) is 0 Å². The Morgan fingerprint density at radius 2 is 2.20 bits per heavy atom. The van der Waals surface area contributed by atoms with E-state index in [4.69, 9.17) is 5.11 Å². The molecule has 2 aromatic rings. The summed E-state index contributed by atoms with van der Waals surface area (Å²) < 4.78 is 29.1. The third-order valence-corrected chi connectivity index (χ3v) is 3.15. The Hall–Kier alpha value is -2.09. The van der Waals surface area contributed by atoms with Crippen LogP contribution in [0.5, 0.6) is 5.75 Å². The molecule has 2 rings (SSSR count). The molecule has 0 bridgehead atoms. The SMILES string of the molecule is O=C(O)CSc1ncc(-c2ccccc2OC(F)F)[nH]1. The van der Waals surface area contributed by atoms with Gasteiger partial charge in [0.05, 0.1) is 17.6 Å². The highest BCUT2D eigenvalue weighted by atomic mass is 32.2. The number of nitrogens with zero attached hydrogens (tertiary/aromatic N) is 1. The van der Waals surface area contributed by atoms with Gasteiger partial charge in [0.1, 0.15) is 5.75 Å². The van der Waals surface area contributed by atoms with Crippen LogP contribution in [0.1, 0.15) is 0 Å². The first-order valence-corrected chi connectivity index (χ1v) is 6.48. The fraction of sp³-hybridized carbons (Fsp3) is 0.167. The lowest BCUT2D eigenvalue weighted by atomic mass is 10.1. The molecule has 0 atom stereocenters. The van der Waals surface area contributed by atoms with Crippen molar-refractivity contribution in [1.29, 1.82) is 0 Å². The number of H-pyrrole nitrogens is 1. The maximum Gasteiger partial charge on any atom is 0.387 e. The molecule has 1 heterocycles. The summed E-state index contributed by atoms with van der Waals surface area (Å²) in [4.78, 5) is 17.3. The number of imidazole rings is 1. The number of nitrogens with one attached hydrogen (secondary N) is 1. The number of carboxylic acids is 1. The smallest absolute Gasteiger partial charge is 0.387 e. The number of carboxylic acid groups (broad SMARTS) is 1. The third kappa shape index (κ3) is 3.70. The maximum absolute atomic E-state index is 12.3. The summed E-state index contributed by atoms with van der Waals surface area (Å²) in [6.45, 7) is -2.92. The summed E-state index contributed by atoms with van der Waals surface area (Å²) in [7, 11) is 0. The molecule has 0 fully saturated rings. The van der Waals surface area contributed by atoms with Gasteiger partial charge in [-0.25, -0.2) is 4.98 Å².